The van der Waals surface area contributed by atoms with E-state index in [-0.39, 0.29) is 11.6 Å². The molecule has 1 aliphatic carbocycles. The van der Waals surface area contributed by atoms with E-state index < -0.39 is 17.7 Å². The van der Waals surface area contributed by atoms with Crippen LogP contribution in [0.1, 0.15) is 5.56 Å². The van der Waals surface area contributed by atoms with Crippen LogP contribution in [0.2, 0.25) is 5.15 Å². The van der Waals surface area contributed by atoms with Crippen LogP contribution in [0.4, 0.5) is 13.2 Å². The minimum absolute atomic E-state index is 0.0970. The van der Waals surface area contributed by atoms with E-state index >= 15 is 0 Å². The highest BCUT2D eigenvalue weighted by molar-refractivity contribution is 6.30. The van der Waals surface area contributed by atoms with Crippen LogP contribution in [0.5, 0.6) is 0 Å². The average molecular weight is 290 g/mol. The van der Waals surface area contributed by atoms with Gasteiger partial charge in [0.15, 0.2) is 0 Å². The van der Waals surface area contributed by atoms with Crippen molar-refractivity contribution in [1.82, 2.24) is 4.98 Å². The lowest BCUT2D eigenvalue weighted by atomic mass is 9.79. The maximum atomic E-state index is 12.9. The molecule has 0 aromatic carbocycles. The van der Waals surface area contributed by atoms with Crippen molar-refractivity contribution < 1.29 is 18.3 Å². The van der Waals surface area contributed by atoms with Crippen molar-refractivity contribution in [2.24, 2.45) is 5.92 Å². The summed E-state index contributed by atoms with van der Waals surface area (Å²) in [4.78, 5) is 3.79. The number of pyridine rings is 1. The topological polar surface area (TPSA) is 33.1 Å². The second-order valence-corrected chi connectivity index (χ2v) is 4.74. The standard InChI is InChI=1S/C13H11ClF3NO/c14-11-9(4-3-7-18-11)8-12(19)6-2-1-5-10(12)13(15,16)17/h1-7,10,19H,8H2. The summed E-state index contributed by atoms with van der Waals surface area (Å²) in [6, 6.07) is 3.11. The highest BCUT2D eigenvalue weighted by atomic mass is 35.5. The molecule has 0 saturated carbocycles. The summed E-state index contributed by atoms with van der Waals surface area (Å²) in [5, 5.41) is 10.4. The highest BCUT2D eigenvalue weighted by Crippen LogP contribution is 2.40. The first kappa shape index (κ1) is 14.1. The van der Waals surface area contributed by atoms with Gasteiger partial charge in [-0.25, -0.2) is 4.98 Å². The molecular formula is C13H11ClF3NO. The van der Waals surface area contributed by atoms with E-state index in [4.69, 9.17) is 11.6 Å². The highest BCUT2D eigenvalue weighted by Gasteiger charge is 2.51. The lowest BCUT2D eigenvalue weighted by Crippen LogP contribution is -2.46. The van der Waals surface area contributed by atoms with Crippen molar-refractivity contribution in [3.63, 3.8) is 0 Å². The number of aliphatic hydroxyl groups is 1. The minimum atomic E-state index is -4.52. The van der Waals surface area contributed by atoms with Crippen LogP contribution in [-0.2, 0) is 6.42 Å². The van der Waals surface area contributed by atoms with Crippen molar-refractivity contribution in [3.8, 4) is 0 Å². The number of nitrogens with zero attached hydrogens (tertiary/aromatic N) is 1. The fourth-order valence-corrected chi connectivity index (χ4v) is 2.27. The van der Waals surface area contributed by atoms with Crippen LogP contribution >= 0.6 is 11.6 Å². The van der Waals surface area contributed by atoms with Crippen LogP contribution < -0.4 is 0 Å². The summed E-state index contributed by atoms with van der Waals surface area (Å²) in [5.74, 6) is -1.96. The molecule has 0 aliphatic heterocycles. The molecule has 2 nitrogen and oxygen atoms in total. The maximum Gasteiger partial charge on any atom is 0.398 e. The number of allylic oxidation sites excluding steroid dienone is 2. The molecule has 0 spiro atoms. The molecule has 1 aromatic rings. The largest absolute Gasteiger partial charge is 0.398 e. The Morgan fingerprint density at radius 3 is 2.74 bits per heavy atom. The van der Waals surface area contributed by atoms with Crippen LogP contribution in [0.25, 0.3) is 0 Å². The van der Waals surface area contributed by atoms with Gasteiger partial charge in [-0.1, -0.05) is 42.0 Å². The molecule has 1 aliphatic rings. The van der Waals surface area contributed by atoms with Gasteiger partial charge in [-0.2, -0.15) is 13.2 Å². The average Bonchev–Trinajstić information content (AvgIpc) is 2.31. The molecule has 2 unspecified atom stereocenters. The normalized spacial score (nSPS) is 26.7. The molecule has 1 aromatic heterocycles. The first-order valence-corrected chi connectivity index (χ1v) is 5.95. The Kier molecular flexibility index (Phi) is 3.69. The molecule has 0 fully saturated rings. The minimum Gasteiger partial charge on any atom is -0.384 e. The smallest absolute Gasteiger partial charge is 0.384 e. The zero-order chi connectivity index (χ0) is 14.1. The number of hydrogen-bond donors (Lipinski definition) is 1. The van der Waals surface area contributed by atoms with Gasteiger partial charge in [0, 0.05) is 12.6 Å². The lowest BCUT2D eigenvalue weighted by molar-refractivity contribution is -0.200. The van der Waals surface area contributed by atoms with Crippen LogP contribution in [0.3, 0.4) is 0 Å². The number of aromatic nitrogens is 1. The van der Waals surface area contributed by atoms with Gasteiger partial charge in [0.1, 0.15) is 16.7 Å². The van der Waals surface area contributed by atoms with Gasteiger partial charge in [0.25, 0.3) is 0 Å². The van der Waals surface area contributed by atoms with Crippen LogP contribution in [0.15, 0.2) is 42.6 Å². The van der Waals surface area contributed by atoms with Gasteiger partial charge >= 0.3 is 6.18 Å². The van der Waals surface area contributed by atoms with Crippen molar-refractivity contribution in [2.45, 2.75) is 18.2 Å². The molecule has 1 heterocycles. The van der Waals surface area contributed by atoms with Gasteiger partial charge in [0.2, 0.25) is 0 Å². The number of alkyl halides is 3. The van der Waals surface area contributed by atoms with Crippen molar-refractivity contribution >= 4 is 11.6 Å². The summed E-state index contributed by atoms with van der Waals surface area (Å²) >= 11 is 5.82. The van der Waals surface area contributed by atoms with E-state index in [1.807, 2.05) is 0 Å². The van der Waals surface area contributed by atoms with Crippen molar-refractivity contribution in [1.29, 1.82) is 0 Å². The third-order valence-electron chi connectivity index (χ3n) is 3.00. The van der Waals surface area contributed by atoms with Crippen LogP contribution in [-0.4, -0.2) is 21.9 Å². The molecule has 0 radical (unpaired) electrons. The van der Waals surface area contributed by atoms with Gasteiger partial charge in [-0.15, -0.1) is 0 Å². The Balaban J connectivity index is 2.33. The van der Waals surface area contributed by atoms with E-state index in [0.29, 0.717) is 5.56 Å². The third kappa shape index (κ3) is 2.98. The fourth-order valence-electron chi connectivity index (χ4n) is 2.09. The van der Waals surface area contributed by atoms with E-state index in [1.165, 1.54) is 18.3 Å². The maximum absolute atomic E-state index is 12.9. The van der Waals surface area contributed by atoms with Gasteiger partial charge in [0.05, 0.1) is 0 Å². The fraction of sp³-hybridized carbons (Fsp3) is 0.308. The number of halogens is 4. The van der Waals surface area contributed by atoms with Gasteiger partial charge in [-0.3, -0.25) is 0 Å². The van der Waals surface area contributed by atoms with E-state index in [1.54, 1.807) is 12.1 Å². The summed E-state index contributed by atoms with van der Waals surface area (Å²) in [7, 11) is 0. The molecule has 6 heteroatoms. The molecule has 0 amide bonds. The zero-order valence-electron chi connectivity index (χ0n) is 9.73. The lowest BCUT2D eigenvalue weighted by Gasteiger charge is -2.35. The zero-order valence-corrected chi connectivity index (χ0v) is 10.5. The number of hydrogen-bond acceptors (Lipinski definition) is 2. The SMILES string of the molecule is OC1(Cc2cccnc2Cl)C=CC=CC1C(F)(F)F. The molecule has 102 valence electrons. The predicted molar refractivity (Wildman–Crippen MR) is 65.7 cm³/mol. The van der Waals surface area contributed by atoms with Gasteiger partial charge in [-0.05, 0) is 11.6 Å². The molecule has 0 saturated heterocycles. The Labute approximate surface area is 113 Å². The molecular weight excluding hydrogens is 279 g/mol. The summed E-state index contributed by atoms with van der Waals surface area (Å²) in [6.07, 6.45) is 1.44. The molecule has 2 rings (SSSR count). The summed E-state index contributed by atoms with van der Waals surface area (Å²) < 4.78 is 38.8. The molecule has 1 N–H and O–H groups in total. The quantitative estimate of drug-likeness (QED) is 0.847. The molecule has 19 heavy (non-hydrogen) atoms. The predicted octanol–water partition coefficient (Wildman–Crippen LogP) is 3.31. The van der Waals surface area contributed by atoms with E-state index in [2.05, 4.69) is 4.98 Å². The monoisotopic (exact) mass is 289 g/mol. The first-order valence-electron chi connectivity index (χ1n) is 5.57. The summed E-state index contributed by atoms with van der Waals surface area (Å²) in [6.45, 7) is 0. The summed E-state index contributed by atoms with van der Waals surface area (Å²) in [5.41, 5.74) is -1.67. The molecule has 0 bridgehead atoms. The Bertz CT molecular complexity index is 527. The van der Waals surface area contributed by atoms with E-state index in [9.17, 15) is 18.3 Å². The molecule has 2 atom stereocenters. The second kappa shape index (κ2) is 4.98. The van der Waals surface area contributed by atoms with Crippen molar-refractivity contribution in [3.05, 3.63) is 53.4 Å². The van der Waals surface area contributed by atoms with Crippen molar-refractivity contribution in [2.75, 3.05) is 0 Å². The number of rotatable bonds is 2. The van der Waals surface area contributed by atoms with E-state index in [0.717, 1.165) is 12.2 Å². The Hall–Kier alpha value is -1.33. The Morgan fingerprint density at radius 1 is 1.37 bits per heavy atom. The first-order chi connectivity index (χ1) is 8.83. The second-order valence-electron chi connectivity index (χ2n) is 4.38. The Morgan fingerprint density at radius 2 is 2.11 bits per heavy atom. The van der Waals surface area contributed by atoms with Crippen LogP contribution in [0, 0.1) is 5.92 Å². The van der Waals surface area contributed by atoms with Gasteiger partial charge < -0.3 is 5.11 Å². The third-order valence-corrected chi connectivity index (χ3v) is 3.34.